The standard InChI is InChI=1S/C19H23BrN6/c1-19(21)5-7-26(8-6-19)11-13-10-22-17-16(13)18(24-12-23-17)25-15-4-2-3-14(20)9-15/h2-4,9-10,12H,5-8,11,21H2,1H3,(H2,22,23,24,25). The monoisotopic (exact) mass is 414 g/mol. The van der Waals surface area contributed by atoms with Gasteiger partial charge in [0.15, 0.2) is 0 Å². The Balaban J connectivity index is 1.60. The molecular formula is C19H23BrN6. The van der Waals surface area contributed by atoms with Crippen molar-refractivity contribution in [3.63, 3.8) is 0 Å². The Hall–Kier alpha value is -1.96. The van der Waals surface area contributed by atoms with Gasteiger partial charge >= 0.3 is 0 Å². The van der Waals surface area contributed by atoms with Gasteiger partial charge in [-0.3, -0.25) is 4.90 Å². The summed E-state index contributed by atoms with van der Waals surface area (Å²) in [5, 5.41) is 4.47. The van der Waals surface area contributed by atoms with Crippen LogP contribution in [0.15, 0.2) is 41.3 Å². The minimum atomic E-state index is -0.0345. The Kier molecular flexibility index (Phi) is 4.69. The SMILES string of the molecule is CC1(N)CCN(Cc2c[nH]c3ncnc(Nc4cccc(Br)c4)c23)CC1. The Morgan fingerprint density at radius 2 is 2.12 bits per heavy atom. The Morgan fingerprint density at radius 3 is 2.88 bits per heavy atom. The molecule has 0 amide bonds. The van der Waals surface area contributed by atoms with Crippen molar-refractivity contribution >= 4 is 38.5 Å². The number of halogens is 1. The molecule has 3 heterocycles. The van der Waals surface area contributed by atoms with Crippen LogP contribution >= 0.6 is 15.9 Å². The number of nitrogens with one attached hydrogen (secondary N) is 2. The van der Waals surface area contributed by atoms with Gasteiger partial charge < -0.3 is 16.0 Å². The van der Waals surface area contributed by atoms with Crippen LogP contribution in [0.4, 0.5) is 11.5 Å². The fraction of sp³-hybridized carbons (Fsp3) is 0.368. The molecule has 0 saturated carbocycles. The molecule has 0 radical (unpaired) electrons. The number of piperidine rings is 1. The lowest BCUT2D eigenvalue weighted by Gasteiger charge is -2.36. The highest BCUT2D eigenvalue weighted by Gasteiger charge is 2.26. The average Bonchev–Trinajstić information content (AvgIpc) is 3.01. The van der Waals surface area contributed by atoms with Crippen LogP contribution in [-0.2, 0) is 6.54 Å². The number of aromatic amines is 1. The van der Waals surface area contributed by atoms with Crippen molar-refractivity contribution in [1.82, 2.24) is 19.9 Å². The van der Waals surface area contributed by atoms with Gasteiger partial charge in [-0.15, -0.1) is 0 Å². The first-order valence-corrected chi connectivity index (χ1v) is 9.64. The molecule has 4 N–H and O–H groups in total. The minimum Gasteiger partial charge on any atom is -0.346 e. The first kappa shape index (κ1) is 17.5. The van der Waals surface area contributed by atoms with E-state index in [4.69, 9.17) is 5.73 Å². The van der Waals surface area contributed by atoms with Crippen molar-refractivity contribution in [3.05, 3.63) is 46.8 Å². The highest BCUT2D eigenvalue weighted by atomic mass is 79.9. The predicted molar refractivity (Wildman–Crippen MR) is 108 cm³/mol. The van der Waals surface area contributed by atoms with E-state index in [2.05, 4.69) is 48.0 Å². The molecule has 136 valence electrons. The summed E-state index contributed by atoms with van der Waals surface area (Å²) in [5.74, 6) is 0.824. The Labute approximate surface area is 161 Å². The van der Waals surface area contributed by atoms with Gasteiger partial charge in [0.25, 0.3) is 0 Å². The van der Waals surface area contributed by atoms with E-state index in [9.17, 15) is 0 Å². The lowest BCUT2D eigenvalue weighted by atomic mass is 9.91. The molecule has 1 aliphatic rings. The summed E-state index contributed by atoms with van der Waals surface area (Å²) in [5.41, 5.74) is 9.28. The number of aromatic nitrogens is 3. The number of hydrogen-bond acceptors (Lipinski definition) is 5. The topological polar surface area (TPSA) is 82.9 Å². The number of anilines is 2. The van der Waals surface area contributed by atoms with Crippen molar-refractivity contribution < 1.29 is 0 Å². The van der Waals surface area contributed by atoms with Crippen LogP contribution in [-0.4, -0.2) is 38.5 Å². The summed E-state index contributed by atoms with van der Waals surface area (Å²) in [4.78, 5) is 14.6. The molecule has 0 unspecified atom stereocenters. The van der Waals surface area contributed by atoms with Gasteiger partial charge in [0, 0.05) is 41.5 Å². The molecule has 3 aromatic rings. The maximum absolute atomic E-state index is 6.26. The molecule has 7 heteroatoms. The number of nitrogens with zero attached hydrogens (tertiary/aromatic N) is 3. The predicted octanol–water partition coefficient (Wildman–Crippen LogP) is 3.78. The number of hydrogen-bond donors (Lipinski definition) is 3. The van der Waals surface area contributed by atoms with Gasteiger partial charge in [0.2, 0.25) is 0 Å². The number of fused-ring (bicyclic) bond motifs is 1. The van der Waals surface area contributed by atoms with E-state index < -0.39 is 0 Å². The van der Waals surface area contributed by atoms with Crippen LogP contribution in [0.25, 0.3) is 11.0 Å². The first-order valence-electron chi connectivity index (χ1n) is 8.85. The molecule has 1 aromatic carbocycles. The number of likely N-dealkylation sites (tertiary alicyclic amines) is 1. The van der Waals surface area contributed by atoms with E-state index in [1.165, 1.54) is 5.56 Å². The number of nitrogens with two attached hydrogens (primary N) is 1. The quantitative estimate of drug-likeness (QED) is 0.604. The number of benzene rings is 1. The van der Waals surface area contributed by atoms with Crippen LogP contribution in [0, 0.1) is 0 Å². The van der Waals surface area contributed by atoms with E-state index in [-0.39, 0.29) is 5.54 Å². The number of rotatable bonds is 4. The molecule has 0 atom stereocenters. The summed E-state index contributed by atoms with van der Waals surface area (Å²) >= 11 is 3.51. The van der Waals surface area contributed by atoms with Gasteiger partial charge in [-0.2, -0.15) is 0 Å². The van der Waals surface area contributed by atoms with E-state index in [0.29, 0.717) is 0 Å². The molecule has 26 heavy (non-hydrogen) atoms. The molecule has 1 fully saturated rings. The summed E-state index contributed by atoms with van der Waals surface area (Å²) in [6.45, 7) is 5.05. The maximum atomic E-state index is 6.26. The fourth-order valence-electron chi connectivity index (χ4n) is 3.41. The lowest BCUT2D eigenvalue weighted by Crippen LogP contribution is -2.47. The third-order valence-corrected chi connectivity index (χ3v) is 5.52. The summed E-state index contributed by atoms with van der Waals surface area (Å²) < 4.78 is 1.03. The van der Waals surface area contributed by atoms with Crippen molar-refractivity contribution in [1.29, 1.82) is 0 Å². The molecule has 6 nitrogen and oxygen atoms in total. The van der Waals surface area contributed by atoms with Crippen molar-refractivity contribution in [3.8, 4) is 0 Å². The van der Waals surface area contributed by atoms with Crippen molar-refractivity contribution in [2.75, 3.05) is 18.4 Å². The van der Waals surface area contributed by atoms with E-state index in [1.54, 1.807) is 6.33 Å². The van der Waals surface area contributed by atoms with Crippen LogP contribution in [0.1, 0.15) is 25.3 Å². The molecule has 1 saturated heterocycles. The third kappa shape index (κ3) is 3.75. The van der Waals surface area contributed by atoms with Gasteiger partial charge in [-0.25, -0.2) is 9.97 Å². The molecule has 1 aliphatic heterocycles. The molecule has 0 spiro atoms. The minimum absolute atomic E-state index is 0.0345. The second kappa shape index (κ2) is 6.98. The van der Waals surface area contributed by atoms with Gasteiger partial charge in [-0.1, -0.05) is 22.0 Å². The summed E-state index contributed by atoms with van der Waals surface area (Å²) in [6.07, 6.45) is 5.68. The zero-order valence-corrected chi connectivity index (χ0v) is 16.4. The van der Waals surface area contributed by atoms with Gasteiger partial charge in [-0.05, 0) is 43.5 Å². The summed E-state index contributed by atoms with van der Waals surface area (Å²) in [6, 6.07) is 8.06. The molecule has 0 aliphatic carbocycles. The third-order valence-electron chi connectivity index (χ3n) is 5.03. The highest BCUT2D eigenvalue weighted by Crippen LogP contribution is 2.29. The van der Waals surface area contributed by atoms with Gasteiger partial charge in [0.05, 0.1) is 5.39 Å². The lowest BCUT2D eigenvalue weighted by molar-refractivity contribution is 0.165. The van der Waals surface area contributed by atoms with Gasteiger partial charge in [0.1, 0.15) is 17.8 Å². The average molecular weight is 415 g/mol. The molecule has 4 rings (SSSR count). The second-order valence-corrected chi connectivity index (χ2v) is 8.24. The van der Waals surface area contributed by atoms with Crippen LogP contribution in [0.5, 0.6) is 0 Å². The summed E-state index contributed by atoms with van der Waals surface area (Å²) in [7, 11) is 0. The maximum Gasteiger partial charge on any atom is 0.143 e. The molecular weight excluding hydrogens is 392 g/mol. The molecule has 2 aromatic heterocycles. The Morgan fingerprint density at radius 1 is 1.31 bits per heavy atom. The van der Waals surface area contributed by atoms with Crippen molar-refractivity contribution in [2.24, 2.45) is 5.73 Å². The fourth-order valence-corrected chi connectivity index (χ4v) is 3.81. The highest BCUT2D eigenvalue weighted by molar-refractivity contribution is 9.10. The zero-order valence-electron chi connectivity index (χ0n) is 14.8. The number of H-pyrrole nitrogens is 1. The Bertz CT molecular complexity index is 909. The smallest absolute Gasteiger partial charge is 0.143 e. The second-order valence-electron chi connectivity index (χ2n) is 7.33. The normalized spacial score (nSPS) is 17.5. The molecule has 0 bridgehead atoms. The van der Waals surface area contributed by atoms with Crippen LogP contribution < -0.4 is 11.1 Å². The zero-order chi connectivity index (χ0) is 18.1. The van der Waals surface area contributed by atoms with E-state index in [0.717, 1.165) is 59.5 Å². The van der Waals surface area contributed by atoms with Crippen LogP contribution in [0.3, 0.4) is 0 Å². The van der Waals surface area contributed by atoms with Crippen LogP contribution in [0.2, 0.25) is 0 Å². The largest absolute Gasteiger partial charge is 0.346 e. The van der Waals surface area contributed by atoms with Crippen molar-refractivity contribution in [2.45, 2.75) is 31.8 Å². The van der Waals surface area contributed by atoms with E-state index in [1.807, 2.05) is 30.5 Å². The first-order chi connectivity index (χ1) is 12.5. The van der Waals surface area contributed by atoms with E-state index >= 15 is 0 Å².